The van der Waals surface area contributed by atoms with E-state index in [9.17, 15) is 4.79 Å². The first-order valence-electron chi connectivity index (χ1n) is 6.24. The Kier molecular flexibility index (Phi) is 3.25. The molecule has 0 unspecified atom stereocenters. The Hall–Kier alpha value is -1.82. The van der Waals surface area contributed by atoms with Gasteiger partial charge < -0.3 is 10.7 Å². The topological polar surface area (TPSA) is 58.9 Å². The highest BCUT2D eigenvalue weighted by atomic mass is 127. The summed E-state index contributed by atoms with van der Waals surface area (Å²) in [5.41, 5.74) is 10.1. The van der Waals surface area contributed by atoms with Crippen LogP contribution in [-0.4, -0.2) is 10.9 Å². The number of fused-ring (bicyclic) bond motifs is 1. The number of rotatable bonds is 2. The highest BCUT2D eigenvalue weighted by molar-refractivity contribution is 14.1. The van der Waals surface area contributed by atoms with E-state index in [4.69, 9.17) is 5.73 Å². The van der Waals surface area contributed by atoms with Gasteiger partial charge in [0.2, 0.25) is 0 Å². The number of aryl methyl sites for hydroxylation is 1. The number of aromatic amines is 1. The second kappa shape index (κ2) is 4.94. The lowest BCUT2D eigenvalue weighted by Gasteiger charge is -2.00. The van der Waals surface area contributed by atoms with Gasteiger partial charge in [-0.2, -0.15) is 0 Å². The number of amides is 1. The van der Waals surface area contributed by atoms with Crippen molar-refractivity contribution >= 4 is 39.4 Å². The largest absolute Gasteiger partial charge is 0.366 e. The van der Waals surface area contributed by atoms with Crippen molar-refractivity contribution in [3.63, 3.8) is 0 Å². The van der Waals surface area contributed by atoms with E-state index in [0.717, 1.165) is 25.7 Å². The number of nitrogens with one attached hydrogen (secondary N) is 1. The molecular weight excluding hydrogens is 363 g/mol. The fourth-order valence-corrected chi connectivity index (χ4v) is 2.88. The van der Waals surface area contributed by atoms with E-state index in [-0.39, 0.29) is 0 Å². The number of halogens is 1. The number of nitrogens with two attached hydrogens (primary N) is 1. The van der Waals surface area contributed by atoms with Gasteiger partial charge in [0, 0.05) is 14.7 Å². The zero-order valence-corrected chi connectivity index (χ0v) is 13.1. The minimum atomic E-state index is -0.413. The summed E-state index contributed by atoms with van der Waals surface area (Å²) in [5.74, 6) is -0.413. The molecule has 3 N–H and O–H groups in total. The molecule has 1 amide bonds. The lowest BCUT2D eigenvalue weighted by molar-refractivity contribution is 0.100. The molecule has 4 heteroatoms. The maximum atomic E-state index is 11.5. The zero-order valence-electron chi connectivity index (χ0n) is 10.9. The molecule has 0 saturated carbocycles. The molecule has 0 aliphatic heterocycles. The molecule has 3 aromatic rings. The van der Waals surface area contributed by atoms with Crippen molar-refractivity contribution in [1.29, 1.82) is 0 Å². The summed E-state index contributed by atoms with van der Waals surface area (Å²) in [4.78, 5) is 14.8. The number of hydrogen-bond donors (Lipinski definition) is 2. The van der Waals surface area contributed by atoms with Crippen LogP contribution in [0.4, 0.5) is 0 Å². The smallest absolute Gasteiger partial charge is 0.250 e. The molecule has 0 aliphatic rings. The minimum Gasteiger partial charge on any atom is -0.366 e. The standard InChI is InChI=1S/C16H13IN2O/c1-9-2-4-10(5-3-9)14-8-12-13(17)7-6-11(16(18)20)15(12)19-14/h2-8,19H,1H3,(H2,18,20). The molecule has 1 heterocycles. The van der Waals surface area contributed by atoms with Gasteiger partial charge in [-0.05, 0) is 53.3 Å². The Balaban J connectivity index is 2.24. The van der Waals surface area contributed by atoms with Gasteiger partial charge in [-0.15, -0.1) is 0 Å². The average molecular weight is 376 g/mol. The summed E-state index contributed by atoms with van der Waals surface area (Å²) in [6, 6.07) is 14.0. The number of H-pyrrole nitrogens is 1. The lowest BCUT2D eigenvalue weighted by atomic mass is 10.1. The first-order chi connectivity index (χ1) is 9.56. The van der Waals surface area contributed by atoms with Crippen LogP contribution < -0.4 is 5.73 Å². The third kappa shape index (κ3) is 2.20. The van der Waals surface area contributed by atoms with Crippen LogP contribution in [0.2, 0.25) is 0 Å². The summed E-state index contributed by atoms with van der Waals surface area (Å²) in [6.07, 6.45) is 0. The van der Waals surface area contributed by atoms with Gasteiger partial charge in [0.25, 0.3) is 5.91 Å². The minimum absolute atomic E-state index is 0.413. The summed E-state index contributed by atoms with van der Waals surface area (Å²) >= 11 is 2.26. The third-order valence-electron chi connectivity index (χ3n) is 3.37. The van der Waals surface area contributed by atoms with E-state index in [0.29, 0.717) is 5.56 Å². The lowest BCUT2D eigenvalue weighted by Crippen LogP contribution is -2.11. The maximum absolute atomic E-state index is 11.5. The van der Waals surface area contributed by atoms with Crippen LogP contribution in [-0.2, 0) is 0 Å². The molecule has 3 rings (SSSR count). The molecule has 3 nitrogen and oxygen atoms in total. The van der Waals surface area contributed by atoms with Crippen LogP contribution in [0.15, 0.2) is 42.5 Å². The van der Waals surface area contributed by atoms with E-state index in [1.54, 1.807) is 6.07 Å². The first kappa shape index (κ1) is 13.2. The van der Waals surface area contributed by atoms with E-state index in [2.05, 4.69) is 64.8 Å². The third-order valence-corrected chi connectivity index (χ3v) is 4.31. The van der Waals surface area contributed by atoms with Crippen LogP contribution in [0.5, 0.6) is 0 Å². The Morgan fingerprint density at radius 3 is 2.50 bits per heavy atom. The molecule has 0 radical (unpaired) electrons. The molecule has 0 bridgehead atoms. The van der Waals surface area contributed by atoms with Gasteiger partial charge in [0.05, 0.1) is 11.1 Å². The fourth-order valence-electron chi connectivity index (χ4n) is 2.28. The normalized spacial score (nSPS) is 10.9. The Bertz CT molecular complexity index is 803. The van der Waals surface area contributed by atoms with Crippen LogP contribution >= 0.6 is 22.6 Å². The SMILES string of the molecule is Cc1ccc(-c2cc3c(I)ccc(C(N)=O)c3[nH]2)cc1. The van der Waals surface area contributed by atoms with E-state index < -0.39 is 5.91 Å². The summed E-state index contributed by atoms with van der Waals surface area (Å²) in [7, 11) is 0. The highest BCUT2D eigenvalue weighted by Crippen LogP contribution is 2.29. The van der Waals surface area contributed by atoms with Crippen molar-refractivity contribution in [1.82, 2.24) is 4.98 Å². The van der Waals surface area contributed by atoms with Gasteiger partial charge in [-0.25, -0.2) is 0 Å². The number of benzene rings is 2. The van der Waals surface area contributed by atoms with Crippen molar-refractivity contribution < 1.29 is 4.79 Å². The van der Waals surface area contributed by atoms with E-state index >= 15 is 0 Å². The van der Waals surface area contributed by atoms with Crippen molar-refractivity contribution in [2.45, 2.75) is 6.92 Å². The molecule has 0 spiro atoms. The Morgan fingerprint density at radius 1 is 1.15 bits per heavy atom. The number of aromatic nitrogens is 1. The zero-order chi connectivity index (χ0) is 14.3. The molecule has 0 fully saturated rings. The van der Waals surface area contributed by atoms with Gasteiger partial charge in [-0.3, -0.25) is 4.79 Å². The average Bonchev–Trinajstić information content (AvgIpc) is 2.85. The van der Waals surface area contributed by atoms with Crippen LogP contribution in [0.1, 0.15) is 15.9 Å². The van der Waals surface area contributed by atoms with Gasteiger partial charge in [0.1, 0.15) is 0 Å². The second-order valence-corrected chi connectivity index (χ2v) is 5.96. The molecular formula is C16H13IN2O. The molecule has 0 atom stereocenters. The van der Waals surface area contributed by atoms with Gasteiger partial charge in [-0.1, -0.05) is 29.8 Å². The monoisotopic (exact) mass is 376 g/mol. The van der Waals surface area contributed by atoms with Crippen molar-refractivity contribution in [3.8, 4) is 11.3 Å². The number of carbonyl (C=O) groups is 1. The number of hydrogen-bond acceptors (Lipinski definition) is 1. The summed E-state index contributed by atoms with van der Waals surface area (Å²) in [6.45, 7) is 2.06. The fraction of sp³-hybridized carbons (Fsp3) is 0.0625. The summed E-state index contributed by atoms with van der Waals surface area (Å²) in [5, 5.41) is 1.03. The van der Waals surface area contributed by atoms with Gasteiger partial charge >= 0.3 is 0 Å². The van der Waals surface area contributed by atoms with Gasteiger partial charge in [0.15, 0.2) is 0 Å². The number of carbonyl (C=O) groups excluding carboxylic acids is 1. The molecule has 20 heavy (non-hydrogen) atoms. The number of primary amides is 1. The summed E-state index contributed by atoms with van der Waals surface area (Å²) < 4.78 is 1.09. The Morgan fingerprint density at radius 2 is 1.85 bits per heavy atom. The first-order valence-corrected chi connectivity index (χ1v) is 7.32. The molecule has 100 valence electrons. The molecule has 2 aromatic carbocycles. The molecule has 0 saturated heterocycles. The van der Waals surface area contributed by atoms with Crippen LogP contribution in [0.3, 0.4) is 0 Å². The van der Waals surface area contributed by atoms with Crippen molar-refractivity contribution in [2.75, 3.05) is 0 Å². The van der Waals surface area contributed by atoms with Crippen LogP contribution in [0.25, 0.3) is 22.2 Å². The quantitative estimate of drug-likeness (QED) is 0.656. The molecule has 0 aliphatic carbocycles. The van der Waals surface area contributed by atoms with E-state index in [1.165, 1.54) is 5.56 Å². The second-order valence-electron chi connectivity index (χ2n) is 4.80. The van der Waals surface area contributed by atoms with Crippen molar-refractivity contribution in [3.05, 3.63) is 57.2 Å². The predicted molar refractivity (Wildman–Crippen MR) is 89.7 cm³/mol. The van der Waals surface area contributed by atoms with E-state index in [1.807, 2.05) is 6.07 Å². The van der Waals surface area contributed by atoms with Crippen molar-refractivity contribution in [2.24, 2.45) is 5.73 Å². The Labute approximate surface area is 130 Å². The highest BCUT2D eigenvalue weighted by Gasteiger charge is 2.12. The molecule has 1 aromatic heterocycles. The van der Waals surface area contributed by atoms with Crippen LogP contribution in [0, 0.1) is 10.5 Å². The predicted octanol–water partition coefficient (Wildman–Crippen LogP) is 3.85. The maximum Gasteiger partial charge on any atom is 0.250 e.